The Hall–Kier alpha value is 2.88. The average Bonchev–Trinajstić information content (AvgIpc) is 2.71. The van der Waals surface area contributed by atoms with Gasteiger partial charge in [-0.05, 0) is 68.2 Å². The molecule has 0 N–H and O–H groups in total. The number of rotatable bonds is 11. The molecule has 2 heterocycles. The van der Waals surface area contributed by atoms with E-state index in [2.05, 4.69) is 0 Å². The summed E-state index contributed by atoms with van der Waals surface area (Å²) in [7, 11) is 0. The number of piperidine rings is 2. The van der Waals surface area contributed by atoms with Crippen LogP contribution in [0, 0.1) is 10.4 Å². The van der Waals surface area contributed by atoms with E-state index in [1.54, 1.807) is 0 Å². The Morgan fingerprint density at radius 3 is 1.08 bits per heavy atom. The quantitative estimate of drug-likeness (QED) is 0.218. The Labute approximate surface area is 349 Å². The number of carbonyl (C=O) groups excluding carboxylic acids is 2. The van der Waals surface area contributed by atoms with Gasteiger partial charge in [-0.1, -0.05) is 25.7 Å². The van der Waals surface area contributed by atoms with Crippen molar-refractivity contribution in [3.63, 3.8) is 0 Å². The SMILES string of the molecule is CC1(C)CC(OC(=O)CCCCCCCCC(=O)OC2CC(C)(C)N([O-])C(C)(C)C2)CC(C)(C)N1[O-].[Cs+].[Cs+]. The number of ether oxygens (including phenoxy) is 2. The van der Waals surface area contributed by atoms with Crippen LogP contribution in [0.2, 0.25) is 0 Å². The first-order chi connectivity index (χ1) is 16.5. The number of hydrogen-bond donors (Lipinski definition) is 0. The van der Waals surface area contributed by atoms with Crippen LogP contribution in [0.4, 0.5) is 0 Å². The smallest absolute Gasteiger partial charge is 0.784 e. The van der Waals surface area contributed by atoms with Crippen molar-refractivity contribution in [1.82, 2.24) is 10.1 Å². The minimum atomic E-state index is -0.541. The number of hydrogen-bond acceptors (Lipinski definition) is 8. The second-order valence-electron chi connectivity index (χ2n) is 13.5. The summed E-state index contributed by atoms with van der Waals surface area (Å²) in [6.07, 6.45) is 8.13. The first-order valence-electron chi connectivity index (χ1n) is 13.8. The van der Waals surface area contributed by atoms with Gasteiger partial charge in [-0.2, -0.15) is 0 Å². The number of esters is 2. The molecule has 0 aliphatic carbocycles. The second kappa shape index (κ2) is 17.4. The predicted molar refractivity (Wildman–Crippen MR) is 142 cm³/mol. The molecule has 0 aromatic rings. The van der Waals surface area contributed by atoms with Crippen molar-refractivity contribution in [2.75, 3.05) is 0 Å². The monoisotopic (exact) mass is 776 g/mol. The molecule has 38 heavy (non-hydrogen) atoms. The standard InChI is InChI=1S/C28H50N2O6.2Cs/c1-25(2)17-21(18-26(3,4)29(25)33)35-23(31)15-13-11-9-10-12-14-16-24(32)36-22-19-27(5,6)30(34)28(7,8)20-22;;/h21-22H,9-20H2,1-8H3;;/q-2;2*+1. The van der Waals surface area contributed by atoms with Crippen molar-refractivity contribution in [3.8, 4) is 0 Å². The summed E-state index contributed by atoms with van der Waals surface area (Å²) in [6.45, 7) is 15.2. The van der Waals surface area contributed by atoms with Crippen LogP contribution < -0.4 is 138 Å². The Kier molecular flexibility index (Phi) is 18.7. The maximum absolute atomic E-state index is 12.4. The van der Waals surface area contributed by atoms with Crippen LogP contribution >= 0.6 is 0 Å². The van der Waals surface area contributed by atoms with Crippen molar-refractivity contribution < 1.29 is 157 Å². The summed E-state index contributed by atoms with van der Waals surface area (Å²) < 4.78 is 11.4. The van der Waals surface area contributed by atoms with Gasteiger partial charge in [0.1, 0.15) is 12.2 Å². The van der Waals surface area contributed by atoms with E-state index in [4.69, 9.17) is 9.47 Å². The van der Waals surface area contributed by atoms with E-state index in [1.807, 2.05) is 55.4 Å². The molecule has 2 fully saturated rings. The first-order valence-corrected chi connectivity index (χ1v) is 13.8. The van der Waals surface area contributed by atoms with E-state index < -0.39 is 22.2 Å². The van der Waals surface area contributed by atoms with Crippen LogP contribution in [0.5, 0.6) is 0 Å². The van der Waals surface area contributed by atoms with Crippen molar-refractivity contribution in [1.29, 1.82) is 0 Å². The van der Waals surface area contributed by atoms with E-state index >= 15 is 0 Å². The van der Waals surface area contributed by atoms with Crippen LogP contribution in [0.3, 0.4) is 0 Å². The zero-order chi connectivity index (χ0) is 27.4. The van der Waals surface area contributed by atoms with E-state index in [0.717, 1.165) is 48.7 Å². The summed E-state index contributed by atoms with van der Waals surface area (Å²) in [5, 5.41) is 27.2. The van der Waals surface area contributed by atoms with Crippen LogP contribution in [0.1, 0.15) is 132 Å². The second-order valence-corrected chi connectivity index (χ2v) is 13.5. The molecule has 2 saturated heterocycles. The maximum Gasteiger partial charge on any atom is 1.00 e. The van der Waals surface area contributed by atoms with Crippen LogP contribution in [0.25, 0.3) is 0 Å². The Bertz CT molecular complexity index is 662. The topological polar surface area (TPSA) is 105 Å². The molecular weight excluding hydrogens is 726 g/mol. The maximum atomic E-state index is 12.4. The first kappa shape index (κ1) is 40.9. The van der Waals surface area contributed by atoms with Gasteiger partial charge in [0.25, 0.3) is 0 Å². The molecule has 210 valence electrons. The number of unbranched alkanes of at least 4 members (excludes halogenated alkanes) is 5. The van der Waals surface area contributed by atoms with Crippen LogP contribution in [-0.4, -0.2) is 56.4 Å². The molecule has 0 spiro atoms. The van der Waals surface area contributed by atoms with E-state index in [1.165, 1.54) is 0 Å². The molecule has 0 radical (unpaired) electrons. The van der Waals surface area contributed by atoms with Gasteiger partial charge in [-0.15, -0.1) is 0 Å². The number of nitrogens with zero attached hydrogens (tertiary/aromatic N) is 2. The summed E-state index contributed by atoms with van der Waals surface area (Å²) in [6, 6.07) is 0. The molecule has 0 atom stereocenters. The van der Waals surface area contributed by atoms with Gasteiger partial charge in [-0.3, -0.25) is 9.59 Å². The van der Waals surface area contributed by atoms with E-state index in [9.17, 15) is 20.0 Å². The fraction of sp³-hybridized carbons (Fsp3) is 0.929. The van der Waals surface area contributed by atoms with Crippen LogP contribution in [-0.2, 0) is 19.1 Å². The van der Waals surface area contributed by atoms with Gasteiger partial charge in [0, 0.05) is 60.7 Å². The molecule has 8 nitrogen and oxygen atoms in total. The largest absolute Gasteiger partial charge is 1.00 e. The summed E-state index contributed by atoms with van der Waals surface area (Å²) in [5.41, 5.74) is -2.16. The van der Waals surface area contributed by atoms with Gasteiger partial charge < -0.3 is 30.0 Å². The molecule has 0 saturated carbocycles. The number of hydroxylamine groups is 4. The van der Waals surface area contributed by atoms with Crippen molar-refractivity contribution in [2.24, 2.45) is 0 Å². The molecule has 2 aliphatic rings. The van der Waals surface area contributed by atoms with Gasteiger partial charge >= 0.3 is 150 Å². The molecule has 0 unspecified atom stereocenters. The van der Waals surface area contributed by atoms with Crippen molar-refractivity contribution in [3.05, 3.63) is 10.4 Å². The van der Waals surface area contributed by atoms with Gasteiger partial charge in [-0.25, -0.2) is 0 Å². The summed E-state index contributed by atoms with van der Waals surface area (Å²) >= 11 is 0. The van der Waals surface area contributed by atoms with Gasteiger partial charge in [0.05, 0.1) is 0 Å². The summed E-state index contributed by atoms with van der Waals surface area (Å²) in [5.74, 6) is -0.356. The average molecular weight is 777 g/mol. The third kappa shape index (κ3) is 12.9. The molecule has 2 aliphatic heterocycles. The molecule has 0 aromatic carbocycles. The molecule has 0 aromatic heterocycles. The predicted octanol–water partition coefficient (Wildman–Crippen LogP) is 0.240. The Morgan fingerprint density at radius 2 is 0.816 bits per heavy atom. The van der Waals surface area contributed by atoms with Gasteiger partial charge in [0.2, 0.25) is 0 Å². The zero-order valence-electron chi connectivity index (χ0n) is 26.0. The van der Waals surface area contributed by atoms with Crippen molar-refractivity contribution in [2.45, 2.75) is 167 Å². The van der Waals surface area contributed by atoms with Crippen molar-refractivity contribution >= 4 is 11.9 Å². The fourth-order valence-electron chi connectivity index (χ4n) is 6.25. The fourth-order valence-corrected chi connectivity index (χ4v) is 6.25. The van der Waals surface area contributed by atoms with Gasteiger partial charge in [0.15, 0.2) is 0 Å². The molecule has 0 bridgehead atoms. The van der Waals surface area contributed by atoms with E-state index in [-0.39, 0.29) is 162 Å². The normalized spacial score (nSPS) is 23.1. The van der Waals surface area contributed by atoms with Crippen LogP contribution in [0.15, 0.2) is 0 Å². The third-order valence-corrected chi connectivity index (χ3v) is 7.72. The third-order valence-electron chi connectivity index (χ3n) is 7.72. The Balaban J connectivity index is 0.00000684. The minimum Gasteiger partial charge on any atom is -0.784 e. The van der Waals surface area contributed by atoms with E-state index in [0.29, 0.717) is 38.5 Å². The number of carbonyl (C=O) groups is 2. The molecule has 0 amide bonds. The molecule has 10 heteroatoms. The minimum absolute atomic E-state index is 0. The zero-order valence-corrected chi connectivity index (χ0v) is 38.5. The molecule has 2 rings (SSSR count). The molecular formula is C28H50Cs2N2O6. The summed E-state index contributed by atoms with van der Waals surface area (Å²) in [4.78, 5) is 24.6. The Morgan fingerprint density at radius 1 is 0.579 bits per heavy atom.